The molecule has 0 spiro atoms. The number of hydrogen-bond donors (Lipinski definition) is 2. The van der Waals surface area contributed by atoms with Gasteiger partial charge in [0.05, 0.1) is 11.6 Å². The highest BCUT2D eigenvalue weighted by Crippen LogP contribution is 2.26. The van der Waals surface area contributed by atoms with Crippen molar-refractivity contribution < 1.29 is 4.79 Å². The molecule has 0 saturated heterocycles. The third-order valence-corrected chi connectivity index (χ3v) is 5.17. The minimum atomic E-state index is -0.177. The minimum Gasteiger partial charge on any atom is -0.322 e. The average Bonchev–Trinajstić information content (AvgIpc) is 3.16. The lowest BCUT2D eigenvalue weighted by Crippen LogP contribution is -2.12. The first kappa shape index (κ1) is 17.5. The Morgan fingerprint density at radius 3 is 2.93 bits per heavy atom. The van der Waals surface area contributed by atoms with Crippen LogP contribution in [0.4, 0.5) is 5.69 Å². The van der Waals surface area contributed by atoms with Crippen molar-refractivity contribution in [3.05, 3.63) is 77.2 Å². The average molecular weight is 396 g/mol. The molecule has 134 valence electrons. The summed E-state index contributed by atoms with van der Waals surface area (Å²) in [5.41, 5.74) is 2.98. The van der Waals surface area contributed by atoms with Crippen LogP contribution in [0.1, 0.15) is 15.9 Å². The van der Waals surface area contributed by atoms with Crippen LogP contribution in [0.15, 0.2) is 66.1 Å². The molecule has 27 heavy (non-hydrogen) atoms. The molecule has 6 nitrogen and oxygen atoms in total. The molecule has 0 radical (unpaired) electrons. The van der Waals surface area contributed by atoms with E-state index in [1.165, 1.54) is 6.33 Å². The number of hydrogen-bond acceptors (Lipinski definition) is 5. The normalized spacial score (nSPS) is 10.9. The maximum atomic E-state index is 12.5. The Hall–Kier alpha value is -2.90. The number of amides is 1. The van der Waals surface area contributed by atoms with Crippen molar-refractivity contribution in [3.8, 4) is 0 Å². The zero-order chi connectivity index (χ0) is 18.6. The molecule has 1 amide bonds. The molecular formula is C19H14ClN5OS. The molecule has 0 aliphatic carbocycles. The van der Waals surface area contributed by atoms with Crippen molar-refractivity contribution in [2.45, 2.75) is 10.8 Å². The van der Waals surface area contributed by atoms with Gasteiger partial charge in [0.25, 0.3) is 5.91 Å². The SMILES string of the molecule is O=C(Nc1cccc(Cl)c1)c1cccc(CSc2ncnc3[nH]ncc23)c1. The number of H-pyrrole nitrogens is 1. The van der Waals surface area contributed by atoms with Gasteiger partial charge in [0.1, 0.15) is 11.4 Å². The van der Waals surface area contributed by atoms with Crippen molar-refractivity contribution in [2.75, 3.05) is 5.32 Å². The number of anilines is 1. The van der Waals surface area contributed by atoms with E-state index in [4.69, 9.17) is 11.6 Å². The van der Waals surface area contributed by atoms with E-state index >= 15 is 0 Å². The fraction of sp³-hybridized carbons (Fsp3) is 0.0526. The van der Waals surface area contributed by atoms with Crippen molar-refractivity contribution in [3.63, 3.8) is 0 Å². The van der Waals surface area contributed by atoms with Gasteiger partial charge in [-0.05, 0) is 35.9 Å². The van der Waals surface area contributed by atoms with Gasteiger partial charge in [0, 0.05) is 22.0 Å². The number of carbonyl (C=O) groups excluding carboxylic acids is 1. The summed E-state index contributed by atoms with van der Waals surface area (Å²) in [6.07, 6.45) is 3.23. The van der Waals surface area contributed by atoms with Crippen LogP contribution >= 0.6 is 23.4 Å². The molecule has 2 heterocycles. The predicted octanol–water partition coefficient (Wildman–Crippen LogP) is 4.55. The van der Waals surface area contributed by atoms with Gasteiger partial charge in [0.15, 0.2) is 5.65 Å². The van der Waals surface area contributed by atoms with Gasteiger partial charge in [-0.2, -0.15) is 5.10 Å². The van der Waals surface area contributed by atoms with Gasteiger partial charge in [-0.3, -0.25) is 9.89 Å². The fourth-order valence-corrected chi connectivity index (χ4v) is 3.68. The Morgan fingerprint density at radius 1 is 1.15 bits per heavy atom. The zero-order valence-corrected chi connectivity index (χ0v) is 15.6. The lowest BCUT2D eigenvalue weighted by Gasteiger charge is -2.07. The first-order chi connectivity index (χ1) is 13.2. The fourth-order valence-electron chi connectivity index (χ4n) is 2.58. The highest BCUT2D eigenvalue weighted by Gasteiger charge is 2.09. The van der Waals surface area contributed by atoms with Gasteiger partial charge in [0.2, 0.25) is 0 Å². The van der Waals surface area contributed by atoms with Crippen molar-refractivity contribution in [1.29, 1.82) is 0 Å². The third-order valence-electron chi connectivity index (χ3n) is 3.86. The Bertz CT molecular complexity index is 1110. The van der Waals surface area contributed by atoms with E-state index in [9.17, 15) is 4.79 Å². The first-order valence-corrected chi connectivity index (χ1v) is 9.48. The van der Waals surface area contributed by atoms with Crippen LogP contribution in [0.25, 0.3) is 11.0 Å². The second kappa shape index (κ2) is 7.77. The van der Waals surface area contributed by atoms with Crippen LogP contribution in [0, 0.1) is 0 Å². The molecule has 8 heteroatoms. The Balaban J connectivity index is 1.47. The summed E-state index contributed by atoms with van der Waals surface area (Å²) in [6.45, 7) is 0. The smallest absolute Gasteiger partial charge is 0.255 e. The van der Waals surface area contributed by atoms with Crippen LogP contribution in [0.2, 0.25) is 5.02 Å². The summed E-state index contributed by atoms with van der Waals surface area (Å²) in [7, 11) is 0. The molecule has 0 unspecified atom stereocenters. The largest absolute Gasteiger partial charge is 0.322 e. The van der Waals surface area contributed by atoms with Gasteiger partial charge in [-0.25, -0.2) is 9.97 Å². The molecule has 0 aliphatic rings. The molecule has 2 aromatic heterocycles. The maximum Gasteiger partial charge on any atom is 0.255 e. The van der Waals surface area contributed by atoms with Gasteiger partial charge < -0.3 is 5.32 Å². The summed E-state index contributed by atoms with van der Waals surface area (Å²) in [4.78, 5) is 20.9. The van der Waals surface area contributed by atoms with Crippen LogP contribution in [-0.4, -0.2) is 26.1 Å². The zero-order valence-electron chi connectivity index (χ0n) is 14.0. The monoisotopic (exact) mass is 395 g/mol. The van der Waals surface area contributed by atoms with E-state index in [-0.39, 0.29) is 5.91 Å². The molecule has 0 atom stereocenters. The number of halogens is 1. The van der Waals surface area contributed by atoms with E-state index in [0.29, 0.717) is 27.7 Å². The summed E-state index contributed by atoms with van der Waals surface area (Å²) >= 11 is 7.53. The summed E-state index contributed by atoms with van der Waals surface area (Å²) < 4.78 is 0. The van der Waals surface area contributed by atoms with Crippen LogP contribution in [0.3, 0.4) is 0 Å². The highest BCUT2D eigenvalue weighted by atomic mass is 35.5. The van der Waals surface area contributed by atoms with Crippen molar-refractivity contribution in [2.24, 2.45) is 0 Å². The first-order valence-electron chi connectivity index (χ1n) is 8.12. The molecule has 0 fully saturated rings. The predicted molar refractivity (Wildman–Crippen MR) is 107 cm³/mol. The van der Waals surface area contributed by atoms with Gasteiger partial charge >= 0.3 is 0 Å². The summed E-state index contributed by atoms with van der Waals surface area (Å²) in [5, 5.41) is 12.0. The Labute approximate surface area is 164 Å². The molecule has 2 N–H and O–H groups in total. The number of nitrogens with one attached hydrogen (secondary N) is 2. The van der Waals surface area contributed by atoms with Crippen molar-refractivity contribution in [1.82, 2.24) is 20.2 Å². The number of carbonyl (C=O) groups is 1. The van der Waals surface area contributed by atoms with E-state index in [1.807, 2.05) is 18.2 Å². The van der Waals surface area contributed by atoms with E-state index in [2.05, 4.69) is 25.5 Å². The molecule has 0 bridgehead atoms. The summed E-state index contributed by atoms with van der Waals surface area (Å²) in [6, 6.07) is 14.6. The number of fused-ring (bicyclic) bond motifs is 1. The molecule has 4 rings (SSSR count). The van der Waals surface area contributed by atoms with Crippen LogP contribution < -0.4 is 5.32 Å². The second-order valence-electron chi connectivity index (χ2n) is 5.76. The van der Waals surface area contributed by atoms with E-state index < -0.39 is 0 Å². The van der Waals surface area contributed by atoms with Gasteiger partial charge in [-0.1, -0.05) is 29.8 Å². The Kier molecular flexibility index (Phi) is 5.04. The summed E-state index contributed by atoms with van der Waals surface area (Å²) in [5.74, 6) is 0.499. The topological polar surface area (TPSA) is 83.6 Å². The number of rotatable bonds is 5. The molecule has 4 aromatic rings. The minimum absolute atomic E-state index is 0.177. The number of aromatic amines is 1. The number of aromatic nitrogens is 4. The van der Waals surface area contributed by atoms with Crippen molar-refractivity contribution >= 4 is 46.0 Å². The molecule has 2 aromatic carbocycles. The van der Waals surface area contributed by atoms with E-state index in [0.717, 1.165) is 16.0 Å². The van der Waals surface area contributed by atoms with Crippen LogP contribution in [0.5, 0.6) is 0 Å². The van der Waals surface area contributed by atoms with Crippen LogP contribution in [-0.2, 0) is 5.75 Å². The Morgan fingerprint density at radius 2 is 2.04 bits per heavy atom. The molecule has 0 saturated carbocycles. The van der Waals surface area contributed by atoms with Gasteiger partial charge in [-0.15, -0.1) is 11.8 Å². The number of thioether (sulfide) groups is 1. The standard InChI is InChI=1S/C19H14ClN5OS/c20-14-5-2-6-15(8-14)24-18(26)13-4-1-3-12(7-13)10-27-19-16-9-23-25-17(16)21-11-22-19/h1-9,11H,10H2,(H,24,26)(H,21,22,23,25). The molecular weight excluding hydrogens is 382 g/mol. The number of nitrogens with zero attached hydrogens (tertiary/aromatic N) is 3. The highest BCUT2D eigenvalue weighted by molar-refractivity contribution is 7.98. The quantitative estimate of drug-likeness (QED) is 0.382. The number of benzene rings is 2. The third kappa shape index (κ3) is 4.10. The lowest BCUT2D eigenvalue weighted by molar-refractivity contribution is 0.102. The molecule has 0 aliphatic heterocycles. The maximum absolute atomic E-state index is 12.5. The van der Waals surface area contributed by atoms with E-state index in [1.54, 1.807) is 48.3 Å². The lowest BCUT2D eigenvalue weighted by atomic mass is 10.1. The second-order valence-corrected chi connectivity index (χ2v) is 7.17.